The van der Waals surface area contributed by atoms with Crippen LogP contribution in [0.25, 0.3) is 0 Å². The van der Waals surface area contributed by atoms with Gasteiger partial charge in [0, 0.05) is 12.1 Å². The Morgan fingerprint density at radius 3 is 2.81 bits per heavy atom. The molecule has 0 radical (unpaired) electrons. The zero-order chi connectivity index (χ0) is 15.4. The first-order chi connectivity index (χ1) is 10.0. The second kappa shape index (κ2) is 7.03. The molecule has 0 aliphatic carbocycles. The third-order valence-electron chi connectivity index (χ3n) is 4.44. The highest BCUT2D eigenvalue weighted by atomic mass is 19.1. The van der Waals surface area contributed by atoms with Crippen LogP contribution in [0.2, 0.25) is 0 Å². The van der Waals surface area contributed by atoms with Crippen LogP contribution in [0.3, 0.4) is 0 Å². The molecule has 0 amide bonds. The lowest BCUT2D eigenvalue weighted by molar-refractivity contribution is 0.101. The summed E-state index contributed by atoms with van der Waals surface area (Å²) in [5, 5.41) is 10.2. The molecule has 1 fully saturated rings. The Kier molecular flexibility index (Phi) is 5.34. The molecule has 1 aliphatic heterocycles. The molecule has 0 aromatic heterocycles. The van der Waals surface area contributed by atoms with E-state index in [1.54, 1.807) is 0 Å². The Morgan fingerprint density at radius 1 is 1.38 bits per heavy atom. The summed E-state index contributed by atoms with van der Waals surface area (Å²) in [5.41, 5.74) is 0.585. The Bertz CT molecular complexity index is 516. The number of ketones is 1. The maximum Gasteiger partial charge on any atom is 0.163 e. The first kappa shape index (κ1) is 16.0. The summed E-state index contributed by atoms with van der Waals surface area (Å²) in [6.07, 6.45) is 4.72. The van der Waals surface area contributed by atoms with E-state index in [1.165, 1.54) is 25.8 Å². The van der Waals surface area contributed by atoms with Gasteiger partial charge in [-0.3, -0.25) is 9.69 Å². The predicted octanol–water partition coefficient (Wildman–Crippen LogP) is 3.75. The Balaban J connectivity index is 2.14. The third kappa shape index (κ3) is 4.03. The van der Waals surface area contributed by atoms with E-state index >= 15 is 0 Å². The lowest BCUT2D eigenvalue weighted by Gasteiger charge is -2.21. The molecule has 4 heteroatoms. The molecule has 0 bridgehead atoms. The zero-order valence-corrected chi connectivity index (χ0v) is 12.9. The number of hydrogen-bond acceptors (Lipinski definition) is 3. The van der Waals surface area contributed by atoms with E-state index in [0.29, 0.717) is 12.1 Å². The van der Waals surface area contributed by atoms with Crippen LogP contribution < -0.4 is 0 Å². The molecule has 0 saturated carbocycles. The molecular formula is C17H24FNO2. The Morgan fingerprint density at radius 2 is 2.14 bits per heavy atom. The number of likely N-dealkylation sites (tertiary alicyclic amines) is 1. The lowest BCUT2D eigenvalue weighted by Crippen LogP contribution is -2.24. The van der Waals surface area contributed by atoms with Gasteiger partial charge in [0.1, 0.15) is 11.6 Å². The van der Waals surface area contributed by atoms with Crippen LogP contribution in [-0.2, 0) is 6.54 Å². The van der Waals surface area contributed by atoms with E-state index in [2.05, 4.69) is 11.8 Å². The maximum atomic E-state index is 13.6. The molecule has 0 spiro atoms. The first-order valence-corrected chi connectivity index (χ1v) is 7.76. The van der Waals surface area contributed by atoms with Crippen LogP contribution in [-0.4, -0.2) is 28.9 Å². The summed E-state index contributed by atoms with van der Waals surface area (Å²) < 4.78 is 13.6. The fourth-order valence-electron chi connectivity index (χ4n) is 3.08. The predicted molar refractivity (Wildman–Crippen MR) is 81.0 cm³/mol. The van der Waals surface area contributed by atoms with Crippen molar-refractivity contribution in [3.8, 4) is 5.75 Å². The number of phenolic OH excluding ortho intramolecular Hbond substituents is 1. The molecule has 1 aliphatic rings. The number of Topliss-reactive ketones (excluding diaryl/α,β-unsaturated/α-hetero) is 1. The highest BCUT2D eigenvalue weighted by Crippen LogP contribution is 2.28. The summed E-state index contributed by atoms with van der Waals surface area (Å²) >= 11 is 0. The van der Waals surface area contributed by atoms with Gasteiger partial charge in [0.05, 0.1) is 5.56 Å². The van der Waals surface area contributed by atoms with Crippen LogP contribution in [0.4, 0.5) is 4.39 Å². The van der Waals surface area contributed by atoms with Crippen molar-refractivity contribution in [3.05, 3.63) is 29.1 Å². The number of rotatable bonds is 4. The highest BCUT2D eigenvalue weighted by Gasteiger charge is 2.19. The minimum Gasteiger partial charge on any atom is -0.507 e. The molecule has 1 heterocycles. The molecule has 21 heavy (non-hydrogen) atoms. The second-order valence-electron chi connectivity index (χ2n) is 6.00. The fourth-order valence-corrected chi connectivity index (χ4v) is 3.08. The van der Waals surface area contributed by atoms with Crippen molar-refractivity contribution in [3.63, 3.8) is 0 Å². The van der Waals surface area contributed by atoms with Crippen molar-refractivity contribution in [2.24, 2.45) is 5.92 Å². The SMILES string of the molecule is CCC1CCCN(Cc2cc(F)cc(C(C)=O)c2O)CC1. The fraction of sp³-hybridized carbons (Fsp3) is 0.588. The topological polar surface area (TPSA) is 40.5 Å². The first-order valence-electron chi connectivity index (χ1n) is 7.76. The van der Waals surface area contributed by atoms with Gasteiger partial charge in [-0.25, -0.2) is 4.39 Å². The molecule has 1 aromatic carbocycles. The Labute approximate surface area is 125 Å². The van der Waals surface area contributed by atoms with Gasteiger partial charge in [-0.2, -0.15) is 0 Å². The van der Waals surface area contributed by atoms with Crippen molar-refractivity contribution in [1.29, 1.82) is 0 Å². The van der Waals surface area contributed by atoms with E-state index in [4.69, 9.17) is 0 Å². The molecule has 1 unspecified atom stereocenters. The third-order valence-corrected chi connectivity index (χ3v) is 4.44. The molecule has 1 N–H and O–H groups in total. The number of carbonyl (C=O) groups is 1. The molecule has 116 valence electrons. The summed E-state index contributed by atoms with van der Waals surface area (Å²) in [5.74, 6) is -0.0755. The molecule has 2 rings (SSSR count). The van der Waals surface area contributed by atoms with Crippen LogP contribution >= 0.6 is 0 Å². The van der Waals surface area contributed by atoms with Gasteiger partial charge in [0.25, 0.3) is 0 Å². The molecule has 3 nitrogen and oxygen atoms in total. The van der Waals surface area contributed by atoms with Crippen molar-refractivity contribution in [2.45, 2.75) is 46.1 Å². The summed E-state index contributed by atoms with van der Waals surface area (Å²) in [6, 6.07) is 2.45. The van der Waals surface area contributed by atoms with Crippen LogP contribution in [0, 0.1) is 11.7 Å². The van der Waals surface area contributed by atoms with E-state index in [1.807, 2.05) is 0 Å². The molecule has 1 atom stereocenters. The zero-order valence-electron chi connectivity index (χ0n) is 12.9. The van der Waals surface area contributed by atoms with Gasteiger partial charge < -0.3 is 5.11 Å². The Hall–Kier alpha value is -1.42. The lowest BCUT2D eigenvalue weighted by atomic mass is 9.98. The van der Waals surface area contributed by atoms with Crippen molar-refractivity contribution >= 4 is 5.78 Å². The van der Waals surface area contributed by atoms with Crippen LogP contribution in [0.15, 0.2) is 12.1 Å². The summed E-state index contributed by atoms with van der Waals surface area (Å²) in [6.45, 7) is 5.99. The van der Waals surface area contributed by atoms with Gasteiger partial charge in [0.15, 0.2) is 5.78 Å². The minimum atomic E-state index is -0.464. The monoisotopic (exact) mass is 293 g/mol. The number of phenols is 1. The number of hydrogen-bond donors (Lipinski definition) is 1. The standard InChI is InChI=1S/C17H24FNO2/c1-3-13-5-4-7-19(8-6-13)11-14-9-15(18)10-16(12(2)20)17(14)21/h9-10,13,21H,3-8,11H2,1-2H3. The van der Waals surface area contributed by atoms with Crippen LogP contribution in [0.5, 0.6) is 5.75 Å². The van der Waals surface area contributed by atoms with E-state index < -0.39 is 5.82 Å². The van der Waals surface area contributed by atoms with Crippen LogP contribution in [0.1, 0.15) is 55.5 Å². The number of halogens is 1. The minimum absolute atomic E-state index is 0.0693. The van der Waals surface area contributed by atoms with Gasteiger partial charge in [-0.15, -0.1) is 0 Å². The second-order valence-corrected chi connectivity index (χ2v) is 6.00. The largest absolute Gasteiger partial charge is 0.507 e. The van der Waals surface area contributed by atoms with E-state index in [9.17, 15) is 14.3 Å². The van der Waals surface area contributed by atoms with Crippen molar-refractivity contribution in [1.82, 2.24) is 4.90 Å². The highest BCUT2D eigenvalue weighted by molar-refractivity contribution is 5.97. The normalized spacial score (nSPS) is 20.2. The van der Waals surface area contributed by atoms with Gasteiger partial charge in [-0.1, -0.05) is 13.3 Å². The summed E-state index contributed by atoms with van der Waals surface area (Å²) in [4.78, 5) is 13.7. The van der Waals surface area contributed by atoms with Crippen molar-refractivity contribution in [2.75, 3.05) is 13.1 Å². The summed E-state index contributed by atoms with van der Waals surface area (Å²) in [7, 11) is 0. The molecule has 1 saturated heterocycles. The van der Waals surface area contributed by atoms with Gasteiger partial charge in [-0.05, 0) is 57.3 Å². The number of carbonyl (C=O) groups excluding carboxylic acids is 1. The average molecular weight is 293 g/mol. The molecular weight excluding hydrogens is 269 g/mol. The van der Waals surface area contributed by atoms with E-state index in [-0.39, 0.29) is 17.1 Å². The molecule has 1 aromatic rings. The van der Waals surface area contributed by atoms with Crippen molar-refractivity contribution < 1.29 is 14.3 Å². The number of nitrogens with zero attached hydrogens (tertiary/aromatic N) is 1. The van der Waals surface area contributed by atoms with E-state index in [0.717, 1.165) is 37.9 Å². The van der Waals surface area contributed by atoms with Gasteiger partial charge >= 0.3 is 0 Å². The number of aromatic hydroxyl groups is 1. The average Bonchev–Trinajstić information content (AvgIpc) is 2.67. The quantitative estimate of drug-likeness (QED) is 0.860. The smallest absolute Gasteiger partial charge is 0.163 e. The van der Waals surface area contributed by atoms with Gasteiger partial charge in [0.2, 0.25) is 0 Å². The number of benzene rings is 1. The maximum absolute atomic E-state index is 13.6.